The first-order valence-corrected chi connectivity index (χ1v) is 12.1. The molecule has 3 heterocycles. The fraction of sp³-hybridized carbons (Fsp3) is 0.300. The molecule has 12 heteroatoms. The van der Waals surface area contributed by atoms with E-state index in [-0.39, 0.29) is 39.8 Å². The Hall–Kier alpha value is -3.02. The molecule has 0 aliphatic carbocycles. The zero-order chi connectivity index (χ0) is 23.2. The average molecular weight is 478 g/mol. The van der Waals surface area contributed by atoms with Crippen LogP contribution in [0.4, 0.5) is 0 Å². The van der Waals surface area contributed by atoms with Crippen molar-refractivity contribution in [3.05, 3.63) is 50.9 Å². The highest BCUT2D eigenvalue weighted by Crippen LogP contribution is 2.29. The van der Waals surface area contributed by atoms with Crippen molar-refractivity contribution in [2.45, 2.75) is 0 Å². The number of pyridine rings is 1. The van der Waals surface area contributed by atoms with E-state index in [0.717, 1.165) is 11.2 Å². The van der Waals surface area contributed by atoms with Gasteiger partial charge < -0.3 is 14.9 Å². The molecule has 168 valence electrons. The predicted molar refractivity (Wildman–Crippen MR) is 120 cm³/mol. The number of likely N-dealkylation sites (N-methyl/N-ethyl adjacent to an activating group) is 1. The topological polar surface area (TPSA) is 136 Å². The van der Waals surface area contributed by atoms with Gasteiger partial charge in [-0.05, 0) is 25.2 Å². The van der Waals surface area contributed by atoms with Gasteiger partial charge in [-0.1, -0.05) is 11.6 Å². The van der Waals surface area contributed by atoms with E-state index in [9.17, 15) is 22.8 Å². The number of aromatic amines is 2. The number of nitrogens with one attached hydrogen (secondary N) is 2. The Bertz CT molecular complexity index is 1360. The first-order chi connectivity index (χ1) is 15.0. The summed E-state index contributed by atoms with van der Waals surface area (Å²) in [6.45, 7) is 0.781. The van der Waals surface area contributed by atoms with Crippen LogP contribution < -0.4 is 5.56 Å². The summed E-state index contributed by atoms with van der Waals surface area (Å²) >= 11 is 6.13. The third-order valence-corrected chi connectivity index (χ3v) is 6.51. The molecule has 2 amide bonds. The Morgan fingerprint density at radius 3 is 2.47 bits per heavy atom. The maximum Gasteiger partial charge on any atom is 0.261 e. The summed E-state index contributed by atoms with van der Waals surface area (Å²) < 4.78 is 22.6. The molecule has 1 aliphatic heterocycles. The smallest absolute Gasteiger partial charge is 0.261 e. The number of H-pyrrole nitrogens is 2. The molecule has 1 aromatic carbocycles. The molecule has 2 aromatic heterocycles. The first kappa shape index (κ1) is 22.2. The lowest BCUT2D eigenvalue weighted by Gasteiger charge is -2.20. The number of aromatic nitrogens is 3. The molecule has 0 spiro atoms. The molecule has 0 bridgehead atoms. The minimum absolute atomic E-state index is 0.00138. The minimum atomic E-state index is -3.10. The molecule has 0 fully saturated rings. The minimum Gasteiger partial charge on any atom is -0.338 e. The fourth-order valence-electron chi connectivity index (χ4n) is 3.49. The highest BCUT2D eigenvalue weighted by molar-refractivity contribution is 7.90. The van der Waals surface area contributed by atoms with Crippen LogP contribution in [0.1, 0.15) is 20.7 Å². The van der Waals surface area contributed by atoms with E-state index in [2.05, 4.69) is 15.0 Å². The van der Waals surface area contributed by atoms with Crippen molar-refractivity contribution >= 4 is 44.3 Å². The maximum atomic E-state index is 12.8. The molecule has 3 aromatic rings. The second kappa shape index (κ2) is 8.15. The molecule has 1 aliphatic rings. The van der Waals surface area contributed by atoms with Crippen molar-refractivity contribution in [3.63, 3.8) is 0 Å². The number of nitrogens with zero attached hydrogens (tertiary/aromatic N) is 3. The first-order valence-electron chi connectivity index (χ1n) is 9.69. The Morgan fingerprint density at radius 1 is 1.12 bits per heavy atom. The number of carbonyl (C=O) groups is 2. The summed E-state index contributed by atoms with van der Waals surface area (Å²) in [6.07, 6.45) is 2.59. The van der Waals surface area contributed by atoms with Gasteiger partial charge in [-0.25, -0.2) is 13.4 Å². The number of sulfone groups is 1. The van der Waals surface area contributed by atoms with Crippen LogP contribution in [-0.2, 0) is 9.84 Å². The molecular formula is C20H20ClN5O5S. The van der Waals surface area contributed by atoms with Crippen LogP contribution in [0.5, 0.6) is 0 Å². The Labute approximate surface area is 188 Å². The van der Waals surface area contributed by atoms with Crippen LogP contribution in [-0.4, -0.2) is 83.7 Å². The average Bonchev–Trinajstić information content (AvgIpc) is 3.21. The van der Waals surface area contributed by atoms with Crippen LogP contribution in [0.15, 0.2) is 29.2 Å². The largest absolute Gasteiger partial charge is 0.338 e. The number of hydrogen-bond donors (Lipinski definition) is 2. The standard InChI is InChI=1S/C20H20ClN5O5S/c1-25(7-8-32(2,30)31)5-6-26-19(28)11-9-14-15(10-12(11)20(26)29)24-17(23-14)16-13(21)3-4-22-18(16)27/h3-4,9-10H,5-8H2,1-2H3,(H,22,27)(H,23,24). The van der Waals surface area contributed by atoms with Crippen molar-refractivity contribution in [1.29, 1.82) is 0 Å². The van der Waals surface area contributed by atoms with Crippen LogP contribution in [0, 0.1) is 0 Å². The van der Waals surface area contributed by atoms with E-state index < -0.39 is 27.2 Å². The van der Waals surface area contributed by atoms with Crippen molar-refractivity contribution in [2.24, 2.45) is 0 Å². The number of rotatable bonds is 7. The van der Waals surface area contributed by atoms with Crippen LogP contribution in [0.25, 0.3) is 22.4 Å². The van der Waals surface area contributed by atoms with Crippen molar-refractivity contribution < 1.29 is 18.0 Å². The van der Waals surface area contributed by atoms with Crippen LogP contribution >= 0.6 is 11.6 Å². The zero-order valence-corrected chi connectivity index (χ0v) is 18.9. The lowest BCUT2D eigenvalue weighted by molar-refractivity contribution is 0.0642. The van der Waals surface area contributed by atoms with E-state index in [1.54, 1.807) is 18.0 Å². The quantitative estimate of drug-likeness (QED) is 0.487. The number of imide groups is 1. The van der Waals surface area contributed by atoms with E-state index in [4.69, 9.17) is 11.6 Å². The van der Waals surface area contributed by atoms with Gasteiger partial charge >= 0.3 is 0 Å². The molecule has 0 atom stereocenters. The second-order valence-corrected chi connectivity index (χ2v) is 10.4. The Morgan fingerprint density at radius 2 is 1.81 bits per heavy atom. The van der Waals surface area contributed by atoms with Crippen molar-refractivity contribution in [3.8, 4) is 11.4 Å². The second-order valence-electron chi connectivity index (χ2n) is 7.73. The van der Waals surface area contributed by atoms with Gasteiger partial charge in [-0.3, -0.25) is 19.3 Å². The number of carbonyl (C=O) groups excluding carboxylic acids is 2. The third kappa shape index (κ3) is 4.18. The van der Waals surface area contributed by atoms with Gasteiger partial charge in [0, 0.05) is 32.1 Å². The molecule has 0 radical (unpaired) electrons. The van der Waals surface area contributed by atoms with E-state index >= 15 is 0 Å². The van der Waals surface area contributed by atoms with Gasteiger partial charge in [-0.2, -0.15) is 0 Å². The fourth-order valence-corrected chi connectivity index (χ4v) is 4.38. The number of benzene rings is 1. The number of imidazole rings is 1. The van der Waals surface area contributed by atoms with Crippen LogP contribution in [0.3, 0.4) is 0 Å². The summed E-state index contributed by atoms with van der Waals surface area (Å²) in [5.41, 5.74) is 1.14. The summed E-state index contributed by atoms with van der Waals surface area (Å²) in [4.78, 5) is 50.6. The number of halogens is 1. The highest BCUT2D eigenvalue weighted by atomic mass is 35.5. The monoisotopic (exact) mass is 477 g/mol. The lowest BCUT2D eigenvalue weighted by Crippen LogP contribution is -2.38. The third-order valence-electron chi connectivity index (χ3n) is 5.27. The lowest BCUT2D eigenvalue weighted by atomic mass is 10.1. The summed E-state index contributed by atoms with van der Waals surface area (Å²) in [6, 6.07) is 4.59. The van der Waals surface area contributed by atoms with E-state index in [0.29, 0.717) is 24.1 Å². The highest BCUT2D eigenvalue weighted by Gasteiger charge is 2.36. The molecule has 0 saturated heterocycles. The van der Waals surface area contributed by atoms with Gasteiger partial charge in [0.25, 0.3) is 17.4 Å². The molecule has 10 nitrogen and oxygen atoms in total. The van der Waals surface area contributed by atoms with Gasteiger partial charge in [0.2, 0.25) is 0 Å². The maximum absolute atomic E-state index is 12.8. The van der Waals surface area contributed by atoms with Gasteiger partial charge in [-0.15, -0.1) is 0 Å². The van der Waals surface area contributed by atoms with Gasteiger partial charge in [0.1, 0.15) is 21.2 Å². The summed E-state index contributed by atoms with van der Waals surface area (Å²) in [5.74, 6) is -0.642. The van der Waals surface area contributed by atoms with Crippen LogP contribution in [0.2, 0.25) is 5.02 Å². The van der Waals surface area contributed by atoms with Crippen molar-refractivity contribution in [2.75, 3.05) is 38.7 Å². The normalized spacial score (nSPS) is 14.1. The summed E-state index contributed by atoms with van der Waals surface area (Å²) in [5, 5.41) is 0.221. The molecule has 0 saturated carbocycles. The summed E-state index contributed by atoms with van der Waals surface area (Å²) in [7, 11) is -1.37. The van der Waals surface area contributed by atoms with E-state index in [1.165, 1.54) is 18.3 Å². The molecule has 2 N–H and O–H groups in total. The predicted octanol–water partition coefficient (Wildman–Crippen LogP) is 1.14. The van der Waals surface area contributed by atoms with Gasteiger partial charge in [0.15, 0.2) is 0 Å². The Kier molecular flexibility index (Phi) is 5.65. The molecule has 0 unspecified atom stereocenters. The molecule has 32 heavy (non-hydrogen) atoms. The van der Waals surface area contributed by atoms with E-state index in [1.807, 2.05) is 0 Å². The molecular weight excluding hydrogens is 458 g/mol. The van der Waals surface area contributed by atoms with Crippen molar-refractivity contribution in [1.82, 2.24) is 24.8 Å². The number of amides is 2. The number of fused-ring (bicyclic) bond motifs is 2. The zero-order valence-electron chi connectivity index (χ0n) is 17.3. The Balaban J connectivity index is 1.57. The van der Waals surface area contributed by atoms with Gasteiger partial charge in [0.05, 0.1) is 32.9 Å². The number of hydrogen-bond acceptors (Lipinski definition) is 7. The SMILES string of the molecule is CN(CCN1C(=O)c2cc3nc(-c4c(Cl)cc[nH]c4=O)[nH]c3cc2C1=O)CCS(C)(=O)=O. The molecule has 4 rings (SSSR count).